The summed E-state index contributed by atoms with van der Waals surface area (Å²) in [6.45, 7) is 0.259. The van der Waals surface area contributed by atoms with Gasteiger partial charge >= 0.3 is 0 Å². The minimum atomic E-state index is -0.628. The van der Waals surface area contributed by atoms with E-state index >= 15 is 0 Å². The van der Waals surface area contributed by atoms with Crippen LogP contribution in [0.2, 0.25) is 0 Å². The fourth-order valence-electron chi connectivity index (χ4n) is 2.59. The first-order valence-electron chi connectivity index (χ1n) is 6.70. The molecule has 2 atom stereocenters. The highest BCUT2D eigenvalue weighted by molar-refractivity contribution is 5.92. The first kappa shape index (κ1) is 13.8. The Morgan fingerprint density at radius 3 is 3.14 bits per heavy atom. The average Bonchev–Trinajstić information content (AvgIpc) is 3.05. The van der Waals surface area contributed by atoms with Gasteiger partial charge in [0.05, 0.1) is 12.1 Å². The van der Waals surface area contributed by atoms with E-state index in [4.69, 9.17) is 9.26 Å². The number of aliphatic hydroxyl groups excluding tert-OH is 1. The molecule has 0 fully saturated rings. The monoisotopic (exact) mass is 288 g/mol. The van der Waals surface area contributed by atoms with Gasteiger partial charge in [-0.1, -0.05) is 29.4 Å². The molecule has 110 valence electrons. The van der Waals surface area contributed by atoms with Crippen LogP contribution in [0.5, 0.6) is 0 Å². The summed E-state index contributed by atoms with van der Waals surface area (Å²) >= 11 is 0. The van der Waals surface area contributed by atoms with Crippen LogP contribution in [0, 0.1) is 0 Å². The van der Waals surface area contributed by atoms with Crippen molar-refractivity contribution in [3.8, 4) is 0 Å². The molecule has 2 N–H and O–H groups in total. The van der Waals surface area contributed by atoms with Gasteiger partial charge < -0.3 is 19.7 Å². The molecule has 2 aromatic rings. The van der Waals surface area contributed by atoms with E-state index in [0.29, 0.717) is 12.2 Å². The first-order valence-corrected chi connectivity index (χ1v) is 6.70. The number of hydrogen-bond acceptors (Lipinski definition) is 5. The number of ether oxygens (including phenoxy) is 1. The molecule has 0 spiro atoms. The molecule has 0 bridgehead atoms. The van der Waals surface area contributed by atoms with Gasteiger partial charge in [0, 0.05) is 19.6 Å². The topological polar surface area (TPSA) is 84.6 Å². The van der Waals surface area contributed by atoms with Crippen molar-refractivity contribution >= 4 is 5.91 Å². The van der Waals surface area contributed by atoms with Gasteiger partial charge in [0.15, 0.2) is 11.5 Å². The van der Waals surface area contributed by atoms with Crippen LogP contribution in [0.1, 0.15) is 33.4 Å². The molecule has 1 amide bonds. The van der Waals surface area contributed by atoms with Crippen molar-refractivity contribution in [3.63, 3.8) is 0 Å². The van der Waals surface area contributed by atoms with Crippen molar-refractivity contribution in [3.05, 3.63) is 52.9 Å². The Labute approximate surface area is 121 Å². The molecule has 6 heteroatoms. The molecule has 1 aliphatic carbocycles. The van der Waals surface area contributed by atoms with E-state index in [2.05, 4.69) is 10.5 Å². The molecule has 1 aliphatic rings. The lowest BCUT2D eigenvalue weighted by Crippen LogP contribution is -2.34. The lowest BCUT2D eigenvalue weighted by atomic mass is 10.1. The average molecular weight is 288 g/mol. The minimum absolute atomic E-state index is 0.179. The van der Waals surface area contributed by atoms with Gasteiger partial charge in [-0.3, -0.25) is 4.79 Å². The second kappa shape index (κ2) is 5.67. The fraction of sp³-hybridized carbons (Fsp3) is 0.333. The van der Waals surface area contributed by atoms with Crippen LogP contribution in [-0.4, -0.2) is 29.4 Å². The minimum Gasteiger partial charge on any atom is -0.390 e. The Balaban J connectivity index is 1.75. The summed E-state index contributed by atoms with van der Waals surface area (Å²) in [5.41, 5.74) is 2.17. The number of carbonyl (C=O) groups excluding carboxylic acids is 1. The van der Waals surface area contributed by atoms with Gasteiger partial charge in [-0.2, -0.15) is 0 Å². The molecule has 6 nitrogen and oxygen atoms in total. The summed E-state index contributed by atoms with van der Waals surface area (Å²) in [7, 11) is 1.54. The third kappa shape index (κ3) is 2.68. The Hall–Kier alpha value is -2.18. The van der Waals surface area contributed by atoms with Crippen molar-refractivity contribution in [1.29, 1.82) is 0 Å². The second-order valence-corrected chi connectivity index (χ2v) is 5.03. The zero-order valence-electron chi connectivity index (χ0n) is 11.6. The zero-order chi connectivity index (χ0) is 14.8. The zero-order valence-corrected chi connectivity index (χ0v) is 11.6. The molecule has 0 saturated carbocycles. The predicted octanol–water partition coefficient (Wildman–Crippen LogP) is 1.21. The number of hydrogen-bond donors (Lipinski definition) is 2. The third-order valence-corrected chi connectivity index (χ3v) is 3.57. The van der Waals surface area contributed by atoms with Crippen molar-refractivity contribution in [2.45, 2.75) is 25.2 Å². The molecule has 0 unspecified atom stereocenters. The highest BCUT2D eigenvalue weighted by Gasteiger charge is 2.32. The maximum Gasteiger partial charge on any atom is 0.274 e. The van der Waals surface area contributed by atoms with Crippen molar-refractivity contribution in [2.24, 2.45) is 0 Å². The molecule has 3 rings (SSSR count). The quantitative estimate of drug-likeness (QED) is 0.883. The summed E-state index contributed by atoms with van der Waals surface area (Å²) in [6, 6.07) is 8.79. The number of carbonyl (C=O) groups is 1. The van der Waals surface area contributed by atoms with Gasteiger partial charge in [0.2, 0.25) is 0 Å². The highest BCUT2D eigenvalue weighted by Crippen LogP contribution is 2.31. The Bertz CT molecular complexity index is 653. The number of rotatable bonds is 4. The van der Waals surface area contributed by atoms with Crippen LogP contribution in [0.15, 0.2) is 34.9 Å². The Kier molecular flexibility index (Phi) is 3.72. The summed E-state index contributed by atoms with van der Waals surface area (Å²) in [5, 5.41) is 16.6. The second-order valence-electron chi connectivity index (χ2n) is 5.03. The Morgan fingerprint density at radius 1 is 1.52 bits per heavy atom. The smallest absolute Gasteiger partial charge is 0.274 e. The van der Waals surface area contributed by atoms with Gasteiger partial charge in [0.1, 0.15) is 6.61 Å². The summed E-state index contributed by atoms with van der Waals surface area (Å²) < 4.78 is 9.90. The number of nitrogens with one attached hydrogen (secondary N) is 1. The maximum absolute atomic E-state index is 12.2. The van der Waals surface area contributed by atoms with Crippen molar-refractivity contribution in [2.75, 3.05) is 7.11 Å². The molecule has 1 aromatic carbocycles. The predicted molar refractivity (Wildman–Crippen MR) is 73.6 cm³/mol. The van der Waals surface area contributed by atoms with Crippen molar-refractivity contribution < 1.29 is 19.2 Å². The summed E-state index contributed by atoms with van der Waals surface area (Å²) in [5.74, 6) is 0.108. The maximum atomic E-state index is 12.2. The summed E-state index contributed by atoms with van der Waals surface area (Å²) in [4.78, 5) is 12.2. The van der Waals surface area contributed by atoms with Crippen LogP contribution < -0.4 is 5.32 Å². The van der Waals surface area contributed by atoms with Gasteiger partial charge in [-0.15, -0.1) is 0 Å². The van der Waals surface area contributed by atoms with E-state index in [1.54, 1.807) is 0 Å². The SMILES string of the molecule is COCc1cc(C(=O)N[C@@H]2c3ccccc3C[C@@H]2O)no1. The number of amides is 1. The number of fused-ring (bicyclic) bond motifs is 1. The lowest BCUT2D eigenvalue weighted by molar-refractivity contribution is 0.0849. The van der Waals surface area contributed by atoms with Crippen LogP contribution in [-0.2, 0) is 17.8 Å². The van der Waals surface area contributed by atoms with E-state index in [9.17, 15) is 9.90 Å². The number of benzene rings is 1. The third-order valence-electron chi connectivity index (χ3n) is 3.57. The molecule has 0 radical (unpaired) electrons. The Morgan fingerprint density at radius 2 is 2.33 bits per heavy atom. The first-order chi connectivity index (χ1) is 10.2. The molecule has 1 aromatic heterocycles. The van der Waals surface area contributed by atoms with Gasteiger partial charge in [0.25, 0.3) is 5.91 Å². The van der Waals surface area contributed by atoms with E-state index in [-0.39, 0.29) is 18.2 Å². The molecule has 0 saturated heterocycles. The highest BCUT2D eigenvalue weighted by atomic mass is 16.5. The lowest BCUT2D eigenvalue weighted by Gasteiger charge is -2.16. The molecule has 1 heterocycles. The van der Waals surface area contributed by atoms with Crippen LogP contribution in [0.25, 0.3) is 0 Å². The van der Waals surface area contributed by atoms with Crippen molar-refractivity contribution in [1.82, 2.24) is 10.5 Å². The van der Waals surface area contributed by atoms with Gasteiger partial charge in [-0.25, -0.2) is 0 Å². The molecular formula is C15H16N2O4. The van der Waals surface area contributed by atoms with E-state index in [1.807, 2.05) is 24.3 Å². The van der Waals surface area contributed by atoms with E-state index in [0.717, 1.165) is 11.1 Å². The van der Waals surface area contributed by atoms with E-state index in [1.165, 1.54) is 13.2 Å². The van der Waals surface area contributed by atoms with Crippen LogP contribution in [0.3, 0.4) is 0 Å². The van der Waals surface area contributed by atoms with Crippen LogP contribution in [0.4, 0.5) is 0 Å². The normalized spacial score (nSPS) is 20.3. The largest absolute Gasteiger partial charge is 0.390 e. The van der Waals surface area contributed by atoms with Crippen LogP contribution >= 0.6 is 0 Å². The van der Waals surface area contributed by atoms with E-state index < -0.39 is 12.1 Å². The number of aromatic nitrogens is 1. The van der Waals surface area contributed by atoms with Gasteiger partial charge in [-0.05, 0) is 11.1 Å². The summed E-state index contributed by atoms with van der Waals surface area (Å²) in [6.07, 6.45) is -0.0915. The number of methoxy groups -OCH3 is 1. The number of nitrogens with zero attached hydrogens (tertiary/aromatic N) is 1. The molecule has 21 heavy (non-hydrogen) atoms. The molecule has 0 aliphatic heterocycles. The fourth-order valence-corrected chi connectivity index (χ4v) is 2.59. The standard InChI is InChI=1S/C15H16N2O4/c1-20-8-10-7-12(17-21-10)15(19)16-14-11-5-3-2-4-9(11)6-13(14)18/h2-5,7,13-14,18H,6,8H2,1H3,(H,16,19)/t13-,14+/m0/s1. The molecular weight excluding hydrogens is 272 g/mol. The number of aliphatic hydroxyl groups is 1.